The van der Waals surface area contributed by atoms with Crippen molar-refractivity contribution in [2.24, 2.45) is 0 Å². The maximum absolute atomic E-state index is 15.6. The number of esters is 2. The molecule has 1 aliphatic rings. The van der Waals surface area contributed by atoms with Crippen molar-refractivity contribution in [1.82, 2.24) is 4.31 Å². The van der Waals surface area contributed by atoms with Crippen LogP contribution in [-0.4, -0.2) is 63.1 Å². The van der Waals surface area contributed by atoms with E-state index in [1.807, 2.05) is 19.9 Å². The van der Waals surface area contributed by atoms with E-state index in [2.05, 4.69) is 5.32 Å². The van der Waals surface area contributed by atoms with E-state index in [-0.39, 0.29) is 33.9 Å². The summed E-state index contributed by atoms with van der Waals surface area (Å²) < 4.78 is 58.8. The van der Waals surface area contributed by atoms with Gasteiger partial charge < -0.3 is 25.3 Å². The molecule has 4 rings (SSSR count). The third-order valence-corrected chi connectivity index (χ3v) is 10.3. The SMILES string of the molecule is CCOC(=O)COc1c(C(=O)OC)sc(-c2cccc(NC3CCN(S(=O)(=O)Cc4cccc(N)c4)C(C)(C)C3)c2)c1F. The van der Waals surface area contributed by atoms with Crippen molar-refractivity contribution in [3.8, 4) is 16.2 Å². The van der Waals surface area contributed by atoms with Crippen LogP contribution in [0.1, 0.15) is 48.8 Å². The van der Waals surface area contributed by atoms with Crippen molar-refractivity contribution >= 4 is 44.7 Å². The van der Waals surface area contributed by atoms with E-state index >= 15 is 4.39 Å². The predicted molar refractivity (Wildman–Crippen MR) is 164 cm³/mol. The summed E-state index contributed by atoms with van der Waals surface area (Å²) >= 11 is 0.860. The van der Waals surface area contributed by atoms with Crippen molar-refractivity contribution in [1.29, 1.82) is 0 Å². The van der Waals surface area contributed by atoms with Crippen LogP contribution in [0.5, 0.6) is 5.75 Å². The average Bonchev–Trinajstić information content (AvgIpc) is 3.26. The van der Waals surface area contributed by atoms with Crippen molar-refractivity contribution in [3.05, 3.63) is 64.8 Å². The van der Waals surface area contributed by atoms with E-state index < -0.39 is 39.9 Å². The molecule has 1 aliphatic heterocycles. The Morgan fingerprint density at radius 2 is 1.93 bits per heavy atom. The quantitative estimate of drug-likeness (QED) is 0.220. The van der Waals surface area contributed by atoms with Crippen LogP contribution in [-0.2, 0) is 30.0 Å². The van der Waals surface area contributed by atoms with Crippen molar-refractivity contribution in [2.45, 2.75) is 50.9 Å². The van der Waals surface area contributed by atoms with Crippen molar-refractivity contribution in [3.63, 3.8) is 0 Å². The highest BCUT2D eigenvalue weighted by Crippen LogP contribution is 2.42. The molecule has 1 unspecified atom stereocenters. The first-order chi connectivity index (χ1) is 20.3. The highest BCUT2D eigenvalue weighted by atomic mass is 32.2. The van der Waals surface area contributed by atoms with Crippen LogP contribution in [0.3, 0.4) is 0 Å². The first kappa shape index (κ1) is 32.2. The molecule has 1 fully saturated rings. The van der Waals surface area contributed by atoms with E-state index in [9.17, 15) is 18.0 Å². The van der Waals surface area contributed by atoms with E-state index in [0.29, 0.717) is 41.9 Å². The third kappa shape index (κ3) is 7.64. The van der Waals surface area contributed by atoms with E-state index in [0.717, 1.165) is 11.3 Å². The first-order valence-electron chi connectivity index (χ1n) is 13.8. The number of nitrogens with two attached hydrogens (primary N) is 1. The van der Waals surface area contributed by atoms with Gasteiger partial charge in [-0.25, -0.2) is 22.4 Å². The lowest BCUT2D eigenvalue weighted by molar-refractivity contribution is -0.145. The summed E-state index contributed by atoms with van der Waals surface area (Å²) in [7, 11) is -2.42. The maximum atomic E-state index is 15.6. The number of rotatable bonds is 11. The number of nitrogen functional groups attached to an aromatic ring is 1. The number of hydrogen-bond donors (Lipinski definition) is 2. The number of hydrogen-bond acceptors (Lipinski definition) is 10. The minimum absolute atomic E-state index is 0.0497. The number of methoxy groups -OCH3 is 1. The van der Waals surface area contributed by atoms with E-state index in [1.165, 1.54) is 7.11 Å². The van der Waals surface area contributed by atoms with Gasteiger partial charge in [-0.05, 0) is 69.0 Å². The molecule has 0 aliphatic carbocycles. The maximum Gasteiger partial charge on any atom is 0.352 e. The molecule has 1 atom stereocenters. The number of carbonyl (C=O) groups excluding carboxylic acids is 2. The summed E-state index contributed by atoms with van der Waals surface area (Å²) in [5.74, 6) is -2.77. The van der Waals surface area contributed by atoms with Crippen molar-refractivity contribution in [2.75, 3.05) is 37.9 Å². The standard InChI is InChI=1S/C30H36FN3O7S2/c1-5-40-24(35)17-41-26-25(31)27(42-28(26)29(36)39-4)20-9-7-11-22(15-20)33-23-12-13-34(30(2,3)16-23)43(37,38)18-19-8-6-10-21(32)14-19/h6-11,14-15,23,33H,5,12-13,16-18,32H2,1-4H3. The van der Waals surface area contributed by atoms with Crippen LogP contribution in [0.4, 0.5) is 15.8 Å². The normalized spacial score (nSPS) is 16.8. The fraction of sp³-hybridized carbons (Fsp3) is 0.400. The molecule has 0 bridgehead atoms. The lowest BCUT2D eigenvalue weighted by Crippen LogP contribution is -2.55. The summed E-state index contributed by atoms with van der Waals surface area (Å²) in [5.41, 5.74) is 7.53. The molecule has 2 heterocycles. The molecule has 13 heteroatoms. The fourth-order valence-electron chi connectivity index (χ4n) is 5.25. The van der Waals surface area contributed by atoms with Gasteiger partial charge in [-0.3, -0.25) is 0 Å². The number of halogens is 1. The van der Waals surface area contributed by atoms with Crippen LogP contribution >= 0.6 is 11.3 Å². The summed E-state index contributed by atoms with van der Waals surface area (Å²) in [6, 6.07) is 13.9. The van der Waals surface area contributed by atoms with Gasteiger partial charge in [-0.1, -0.05) is 24.3 Å². The number of thiophene rings is 1. The molecule has 3 N–H and O–H groups in total. The van der Waals surface area contributed by atoms with Gasteiger partial charge in [0.15, 0.2) is 23.1 Å². The Labute approximate surface area is 255 Å². The Bertz CT molecular complexity index is 1590. The van der Waals surface area contributed by atoms with E-state index in [4.69, 9.17) is 19.9 Å². The smallest absolute Gasteiger partial charge is 0.352 e. The molecule has 3 aromatic rings. The number of anilines is 2. The summed E-state index contributed by atoms with van der Waals surface area (Å²) in [5, 5.41) is 3.46. The molecule has 0 saturated carbocycles. The molecule has 232 valence electrons. The lowest BCUT2D eigenvalue weighted by atomic mass is 9.89. The Hall–Kier alpha value is -3.68. The van der Waals surface area contributed by atoms with Gasteiger partial charge in [0.25, 0.3) is 0 Å². The monoisotopic (exact) mass is 633 g/mol. The van der Waals surface area contributed by atoms with Gasteiger partial charge in [0.05, 0.1) is 24.3 Å². The second-order valence-electron chi connectivity index (χ2n) is 10.8. The van der Waals surface area contributed by atoms with Gasteiger partial charge in [0, 0.05) is 29.5 Å². The molecule has 43 heavy (non-hydrogen) atoms. The summed E-state index contributed by atoms with van der Waals surface area (Å²) in [6.07, 6.45) is 1.11. The Balaban J connectivity index is 1.50. The van der Waals surface area contributed by atoms with Gasteiger partial charge in [0.2, 0.25) is 10.0 Å². The van der Waals surface area contributed by atoms with Gasteiger partial charge >= 0.3 is 11.9 Å². The van der Waals surface area contributed by atoms with Crippen LogP contribution in [0.25, 0.3) is 10.4 Å². The zero-order valence-corrected chi connectivity index (χ0v) is 26.1. The summed E-state index contributed by atoms with van der Waals surface area (Å²) in [6.45, 7) is 5.35. The molecule has 0 radical (unpaired) electrons. The molecule has 1 aromatic heterocycles. The van der Waals surface area contributed by atoms with Gasteiger partial charge in [-0.2, -0.15) is 4.31 Å². The first-order valence-corrected chi connectivity index (χ1v) is 16.2. The average molecular weight is 634 g/mol. The number of ether oxygens (including phenoxy) is 3. The van der Waals surface area contributed by atoms with E-state index in [1.54, 1.807) is 53.7 Å². The molecule has 1 saturated heterocycles. The third-order valence-electron chi connectivity index (χ3n) is 7.05. The number of piperidine rings is 1. The molecule has 0 amide bonds. The van der Waals surface area contributed by atoms with Crippen LogP contribution in [0.15, 0.2) is 48.5 Å². The number of nitrogens with zero attached hydrogens (tertiary/aromatic N) is 1. The number of sulfonamides is 1. The lowest BCUT2D eigenvalue weighted by Gasteiger charge is -2.45. The topological polar surface area (TPSA) is 137 Å². The Morgan fingerprint density at radius 3 is 2.60 bits per heavy atom. The highest BCUT2D eigenvalue weighted by molar-refractivity contribution is 7.88. The second-order valence-corrected chi connectivity index (χ2v) is 13.7. The number of benzene rings is 2. The van der Waals surface area contributed by atoms with Gasteiger partial charge in [0.1, 0.15) is 0 Å². The summed E-state index contributed by atoms with van der Waals surface area (Å²) in [4.78, 5) is 24.2. The largest absolute Gasteiger partial charge is 0.477 e. The number of carbonyl (C=O) groups is 2. The van der Waals surface area contributed by atoms with Gasteiger partial charge in [-0.15, -0.1) is 11.3 Å². The van der Waals surface area contributed by atoms with Crippen molar-refractivity contribution < 1.29 is 36.6 Å². The number of nitrogens with one attached hydrogen (secondary N) is 1. The zero-order chi connectivity index (χ0) is 31.4. The Kier molecular flexibility index (Phi) is 9.98. The van der Waals surface area contributed by atoms with Crippen LogP contribution < -0.4 is 15.8 Å². The minimum atomic E-state index is -3.60. The molecular formula is C30H36FN3O7S2. The minimum Gasteiger partial charge on any atom is -0.477 e. The Morgan fingerprint density at radius 1 is 1.19 bits per heavy atom. The molecule has 0 spiro atoms. The molecule has 10 nitrogen and oxygen atoms in total. The van der Waals surface area contributed by atoms with Crippen LogP contribution in [0, 0.1) is 5.82 Å². The second kappa shape index (κ2) is 13.3. The zero-order valence-electron chi connectivity index (χ0n) is 24.5. The molecule has 2 aromatic carbocycles. The fourth-order valence-corrected chi connectivity index (χ4v) is 8.26. The highest BCUT2D eigenvalue weighted by Gasteiger charge is 2.41. The molecular weight excluding hydrogens is 597 g/mol. The van der Waals surface area contributed by atoms with Crippen LogP contribution in [0.2, 0.25) is 0 Å². The predicted octanol–water partition coefficient (Wildman–Crippen LogP) is 5.05.